The van der Waals surface area contributed by atoms with Crippen molar-refractivity contribution in [1.82, 2.24) is 19.5 Å². The Kier molecular flexibility index (Phi) is 5.78. The molecule has 168 valence electrons. The lowest BCUT2D eigenvalue weighted by Crippen LogP contribution is -2.33. The van der Waals surface area contributed by atoms with Gasteiger partial charge in [-0.05, 0) is 18.2 Å². The van der Waals surface area contributed by atoms with Crippen LogP contribution in [0.3, 0.4) is 0 Å². The maximum Gasteiger partial charge on any atom is 0.433 e. The van der Waals surface area contributed by atoms with Crippen LogP contribution in [0.1, 0.15) is 12.0 Å². The smallest absolute Gasteiger partial charge is 0.401 e. The number of nitrogen functional groups attached to an aromatic ring is 1. The number of imidazole rings is 1. The molecule has 6 N–H and O–H groups in total. The van der Waals surface area contributed by atoms with Gasteiger partial charge in [0, 0.05) is 6.21 Å². The fourth-order valence-electron chi connectivity index (χ4n) is 3.15. The number of hydrazone groups is 1. The van der Waals surface area contributed by atoms with Crippen molar-refractivity contribution < 1.29 is 29.4 Å². The number of furan rings is 1. The zero-order chi connectivity index (χ0) is 22.8. The molecule has 0 aromatic carbocycles. The zero-order valence-corrected chi connectivity index (χ0v) is 16.2. The molecular formula is C17H18N8O7. The molecule has 4 rings (SSSR count). The number of anilines is 2. The van der Waals surface area contributed by atoms with Gasteiger partial charge in [0.05, 0.1) is 12.7 Å². The number of ether oxygens (including phenoxy) is 1. The van der Waals surface area contributed by atoms with E-state index in [2.05, 4.69) is 25.5 Å². The first-order valence-electron chi connectivity index (χ1n) is 9.21. The van der Waals surface area contributed by atoms with Crippen LogP contribution in [-0.4, -0.2) is 70.9 Å². The summed E-state index contributed by atoms with van der Waals surface area (Å²) in [5, 5.41) is 44.5. The highest BCUT2D eigenvalue weighted by molar-refractivity contribution is 5.84. The highest BCUT2D eigenvalue weighted by atomic mass is 16.6. The summed E-state index contributed by atoms with van der Waals surface area (Å²) in [4.78, 5) is 22.3. The van der Waals surface area contributed by atoms with Gasteiger partial charge in [0.2, 0.25) is 5.95 Å². The molecule has 1 aliphatic rings. The summed E-state index contributed by atoms with van der Waals surface area (Å²) in [6.45, 7) is -0.505. The number of nitrogens with two attached hydrogens (primary N) is 1. The van der Waals surface area contributed by atoms with Gasteiger partial charge in [0.15, 0.2) is 23.2 Å². The van der Waals surface area contributed by atoms with Gasteiger partial charge in [-0.2, -0.15) is 5.10 Å². The third kappa shape index (κ3) is 3.87. The summed E-state index contributed by atoms with van der Waals surface area (Å²) in [6.07, 6.45) is 0.569. The number of nitrogens with one attached hydrogen (secondary N) is 1. The van der Waals surface area contributed by atoms with Gasteiger partial charge in [-0.3, -0.25) is 14.7 Å². The van der Waals surface area contributed by atoms with Gasteiger partial charge >= 0.3 is 5.88 Å². The van der Waals surface area contributed by atoms with E-state index in [9.17, 15) is 25.4 Å². The SMILES string of the molecule is Nc1ncnc2c1nc(NN=CC=Cc1ccc([N+](=O)[O-])o1)n2C1OC(CO)C(O)C1O. The van der Waals surface area contributed by atoms with Crippen molar-refractivity contribution in [2.75, 3.05) is 17.8 Å². The summed E-state index contributed by atoms with van der Waals surface area (Å²) in [5.74, 6) is 0.0164. The zero-order valence-electron chi connectivity index (χ0n) is 16.2. The Hall–Kier alpha value is -3.92. The van der Waals surface area contributed by atoms with E-state index in [-0.39, 0.29) is 34.6 Å². The topological polar surface area (TPSA) is 220 Å². The minimum atomic E-state index is -1.39. The van der Waals surface area contributed by atoms with Crippen LogP contribution in [0.5, 0.6) is 0 Å². The van der Waals surface area contributed by atoms with Crippen molar-refractivity contribution in [3.05, 3.63) is 40.4 Å². The van der Waals surface area contributed by atoms with E-state index >= 15 is 0 Å². The number of rotatable bonds is 7. The standard InChI is InChI=1S/C17H18N8O7/c18-14-11-15(20-7-19-14)24(16-13(28)12(27)9(6-26)32-16)17(22-11)23-21-5-1-2-8-3-4-10(31-8)25(29)30/h1-5,7,9,12-13,16,26-28H,6H2,(H,22,23)(H2,18,19,20). The maximum absolute atomic E-state index is 10.6. The number of aliphatic hydroxyl groups is 3. The molecular weight excluding hydrogens is 428 g/mol. The summed E-state index contributed by atoms with van der Waals surface area (Å²) >= 11 is 0. The fraction of sp³-hybridized carbons (Fsp3) is 0.294. The molecule has 4 heterocycles. The van der Waals surface area contributed by atoms with Gasteiger partial charge in [-0.15, -0.1) is 0 Å². The van der Waals surface area contributed by atoms with Crippen molar-refractivity contribution >= 4 is 41.1 Å². The molecule has 1 saturated heterocycles. The quantitative estimate of drug-likeness (QED) is 0.178. The van der Waals surface area contributed by atoms with Crippen molar-refractivity contribution in [3.63, 3.8) is 0 Å². The van der Waals surface area contributed by atoms with E-state index in [0.717, 1.165) is 0 Å². The van der Waals surface area contributed by atoms with E-state index in [4.69, 9.17) is 14.9 Å². The number of aromatic nitrogens is 4. The number of fused-ring (bicyclic) bond motifs is 1. The Morgan fingerprint density at radius 2 is 2.16 bits per heavy atom. The van der Waals surface area contributed by atoms with Crippen molar-refractivity contribution in [3.8, 4) is 0 Å². The van der Waals surface area contributed by atoms with E-state index < -0.39 is 36.1 Å². The molecule has 1 aliphatic heterocycles. The number of nitrogens with zero attached hydrogens (tertiary/aromatic N) is 6. The van der Waals surface area contributed by atoms with Crippen LogP contribution in [0.2, 0.25) is 0 Å². The molecule has 15 nitrogen and oxygen atoms in total. The summed E-state index contributed by atoms with van der Waals surface area (Å²) in [6, 6.07) is 2.66. The van der Waals surface area contributed by atoms with Crippen LogP contribution in [0.15, 0.2) is 34.1 Å². The lowest BCUT2D eigenvalue weighted by molar-refractivity contribution is -0.402. The van der Waals surface area contributed by atoms with Gasteiger partial charge in [0.25, 0.3) is 0 Å². The van der Waals surface area contributed by atoms with E-state index in [1.165, 1.54) is 41.4 Å². The summed E-state index contributed by atoms with van der Waals surface area (Å²) in [5.41, 5.74) is 8.94. The highest BCUT2D eigenvalue weighted by Gasteiger charge is 2.45. The lowest BCUT2D eigenvalue weighted by Gasteiger charge is -2.18. The van der Waals surface area contributed by atoms with Crippen molar-refractivity contribution in [1.29, 1.82) is 0 Å². The lowest BCUT2D eigenvalue weighted by atomic mass is 10.1. The minimum Gasteiger partial charge on any atom is -0.401 e. The first-order valence-corrected chi connectivity index (χ1v) is 9.21. The van der Waals surface area contributed by atoms with E-state index in [0.29, 0.717) is 0 Å². The van der Waals surface area contributed by atoms with E-state index in [1.54, 1.807) is 0 Å². The normalized spacial score (nSPS) is 23.6. The minimum absolute atomic E-state index is 0.0697. The number of aliphatic hydroxyl groups excluding tert-OH is 3. The van der Waals surface area contributed by atoms with Crippen LogP contribution in [-0.2, 0) is 4.74 Å². The molecule has 0 bridgehead atoms. The van der Waals surface area contributed by atoms with Gasteiger partial charge in [0.1, 0.15) is 35.3 Å². The van der Waals surface area contributed by atoms with E-state index in [1.807, 2.05) is 0 Å². The molecule has 4 atom stereocenters. The molecule has 15 heteroatoms. The summed E-state index contributed by atoms with van der Waals surface area (Å²) in [7, 11) is 0. The van der Waals surface area contributed by atoms with Crippen molar-refractivity contribution in [2.45, 2.75) is 24.5 Å². The van der Waals surface area contributed by atoms with Gasteiger partial charge in [-0.1, -0.05) is 0 Å². The average molecular weight is 446 g/mol. The average Bonchev–Trinajstić information content (AvgIpc) is 3.46. The van der Waals surface area contributed by atoms with Crippen molar-refractivity contribution in [2.24, 2.45) is 5.10 Å². The Morgan fingerprint density at radius 1 is 1.34 bits per heavy atom. The number of hydrogen-bond donors (Lipinski definition) is 5. The predicted molar refractivity (Wildman–Crippen MR) is 109 cm³/mol. The van der Waals surface area contributed by atoms with Crippen LogP contribution >= 0.6 is 0 Å². The monoisotopic (exact) mass is 446 g/mol. The number of allylic oxidation sites excluding steroid dienone is 1. The molecule has 0 aliphatic carbocycles. The Morgan fingerprint density at radius 3 is 2.84 bits per heavy atom. The third-order valence-electron chi connectivity index (χ3n) is 4.66. The second-order valence-electron chi connectivity index (χ2n) is 6.65. The fourth-order valence-corrected chi connectivity index (χ4v) is 3.15. The third-order valence-corrected chi connectivity index (χ3v) is 4.66. The Balaban J connectivity index is 1.59. The van der Waals surface area contributed by atoms with Gasteiger partial charge < -0.3 is 30.2 Å². The molecule has 0 spiro atoms. The Labute approximate surface area is 178 Å². The summed E-state index contributed by atoms with van der Waals surface area (Å²) < 4.78 is 11.9. The first kappa shape index (κ1) is 21.3. The second kappa shape index (κ2) is 8.67. The molecule has 3 aromatic heterocycles. The first-order chi connectivity index (χ1) is 15.4. The van der Waals surface area contributed by atoms with Crippen LogP contribution in [0, 0.1) is 10.1 Å². The second-order valence-corrected chi connectivity index (χ2v) is 6.65. The predicted octanol–water partition coefficient (Wildman–Crippen LogP) is -0.368. The molecule has 4 unspecified atom stereocenters. The molecule has 0 radical (unpaired) electrons. The number of nitro groups is 1. The molecule has 1 fully saturated rings. The molecule has 3 aromatic rings. The molecule has 0 amide bonds. The molecule has 32 heavy (non-hydrogen) atoms. The Bertz CT molecular complexity index is 1190. The molecule has 0 saturated carbocycles. The largest absolute Gasteiger partial charge is 0.433 e. The van der Waals surface area contributed by atoms with Crippen LogP contribution < -0.4 is 11.2 Å². The van der Waals surface area contributed by atoms with Gasteiger partial charge in [-0.25, -0.2) is 20.4 Å². The number of hydrogen-bond acceptors (Lipinski definition) is 13. The maximum atomic E-state index is 10.6. The van der Waals surface area contributed by atoms with Crippen LogP contribution in [0.4, 0.5) is 17.7 Å². The highest BCUT2D eigenvalue weighted by Crippen LogP contribution is 2.35. The van der Waals surface area contributed by atoms with Crippen LogP contribution in [0.25, 0.3) is 17.2 Å².